The summed E-state index contributed by atoms with van der Waals surface area (Å²) in [5.74, 6) is 5.39. The second-order valence-electron chi connectivity index (χ2n) is 3.22. The number of hydrogen-bond donors (Lipinski definition) is 0. The fourth-order valence-electron chi connectivity index (χ4n) is 1.31. The summed E-state index contributed by atoms with van der Waals surface area (Å²) in [5.41, 5.74) is 2.08. The van der Waals surface area contributed by atoms with Gasteiger partial charge in [-0.2, -0.15) is 0 Å². The van der Waals surface area contributed by atoms with Gasteiger partial charge in [0.15, 0.2) is 0 Å². The Morgan fingerprint density at radius 3 is 2.38 bits per heavy atom. The average molecular weight is 184 g/mol. The van der Waals surface area contributed by atoms with Gasteiger partial charge in [-0.05, 0) is 17.3 Å². The predicted molar refractivity (Wildman–Crippen MR) is 60.9 cm³/mol. The molecule has 0 aromatic carbocycles. The van der Waals surface area contributed by atoms with Crippen LogP contribution in [0.1, 0.15) is 6.42 Å². The van der Waals surface area contributed by atoms with Crippen LogP contribution in [-0.4, -0.2) is 13.6 Å². The van der Waals surface area contributed by atoms with E-state index in [0.29, 0.717) is 0 Å². The summed E-state index contributed by atoms with van der Waals surface area (Å²) in [4.78, 5) is 0. The van der Waals surface area contributed by atoms with Crippen molar-refractivity contribution in [3.05, 3.63) is 23.3 Å². The largest absolute Gasteiger partial charge is 0.115 e. The molecule has 0 aromatic rings. The molecule has 1 rings (SSSR count). The van der Waals surface area contributed by atoms with Crippen molar-refractivity contribution in [2.75, 3.05) is 0 Å². The third-order valence-corrected chi connectivity index (χ3v) is 3.74. The van der Waals surface area contributed by atoms with Gasteiger partial charge >= 0.3 is 0 Å². The number of rotatable bonds is 0. The molecule has 0 radical (unpaired) electrons. The first-order chi connectivity index (χ1) is 6.19. The van der Waals surface area contributed by atoms with Crippen molar-refractivity contribution in [1.82, 2.24) is 0 Å². The first-order valence-electron chi connectivity index (χ1n) is 4.20. The van der Waals surface area contributed by atoms with E-state index in [-0.39, 0.29) is 0 Å². The Hall–Kier alpha value is -1.31. The van der Waals surface area contributed by atoms with Crippen LogP contribution in [0.25, 0.3) is 0 Å². The Morgan fingerprint density at radius 2 is 1.92 bits per heavy atom. The van der Waals surface area contributed by atoms with Gasteiger partial charge in [0.1, 0.15) is 0 Å². The van der Waals surface area contributed by atoms with Gasteiger partial charge in [0, 0.05) is 26.0 Å². The van der Waals surface area contributed by atoms with Crippen molar-refractivity contribution in [2.24, 2.45) is 0 Å². The molecule has 0 N–H and O–H groups in total. The molecular formula is C12H12Si. The normalized spacial score (nSPS) is 15.2. The number of hydrogen-bond acceptors (Lipinski definition) is 0. The minimum absolute atomic E-state index is 0.468. The zero-order valence-corrected chi connectivity index (χ0v) is 9.02. The number of terminal acetylenes is 2. The van der Waals surface area contributed by atoms with Gasteiger partial charge in [-0.25, -0.2) is 0 Å². The van der Waals surface area contributed by atoms with E-state index in [9.17, 15) is 0 Å². The lowest BCUT2D eigenvalue weighted by Gasteiger charge is -2.13. The average Bonchev–Trinajstić information content (AvgIpc) is 2.16. The van der Waals surface area contributed by atoms with Gasteiger partial charge in [-0.1, -0.05) is 24.9 Å². The minimum Gasteiger partial charge on any atom is -0.115 e. The van der Waals surface area contributed by atoms with Crippen LogP contribution in [0.2, 0.25) is 13.1 Å². The Bertz CT molecular complexity index is 388. The molecule has 0 nitrogen and oxygen atoms in total. The standard InChI is InChI=1S/C12H12Si/c1-5-10-7-8-11(6-2)12(9-10)13(3)4/h1-2,7-8H,9H2,3-4H3. The van der Waals surface area contributed by atoms with Crippen molar-refractivity contribution in [3.63, 3.8) is 0 Å². The molecule has 64 valence electrons. The monoisotopic (exact) mass is 184 g/mol. The van der Waals surface area contributed by atoms with Crippen LogP contribution in [0, 0.1) is 24.7 Å². The van der Waals surface area contributed by atoms with E-state index < -0.39 is 8.41 Å². The molecule has 0 heterocycles. The third kappa shape index (κ3) is 2.08. The highest BCUT2D eigenvalue weighted by Crippen LogP contribution is 2.14. The quantitative estimate of drug-likeness (QED) is 0.399. The van der Waals surface area contributed by atoms with E-state index in [0.717, 1.165) is 17.6 Å². The van der Waals surface area contributed by atoms with Gasteiger partial charge in [0.2, 0.25) is 0 Å². The van der Waals surface area contributed by atoms with Gasteiger partial charge in [-0.3, -0.25) is 0 Å². The van der Waals surface area contributed by atoms with Gasteiger partial charge < -0.3 is 0 Å². The Morgan fingerprint density at radius 1 is 1.23 bits per heavy atom. The maximum Gasteiger partial charge on any atom is 0.0231 e. The SMILES string of the molecule is C#CC1=CC=C(C#C)C(=[Si](C)C)C1. The molecule has 13 heavy (non-hydrogen) atoms. The van der Waals surface area contributed by atoms with E-state index in [2.05, 4.69) is 24.9 Å². The molecule has 0 saturated carbocycles. The summed E-state index contributed by atoms with van der Waals surface area (Å²) < 4.78 is 0. The lowest BCUT2D eigenvalue weighted by atomic mass is 9.99. The molecule has 0 aliphatic heterocycles. The molecule has 0 spiro atoms. The molecular weight excluding hydrogens is 172 g/mol. The maximum atomic E-state index is 5.41. The Balaban J connectivity index is 3.16. The zero-order chi connectivity index (χ0) is 9.84. The van der Waals surface area contributed by atoms with Crippen molar-refractivity contribution in [3.8, 4) is 24.7 Å². The van der Waals surface area contributed by atoms with E-state index in [4.69, 9.17) is 12.8 Å². The minimum atomic E-state index is -0.468. The van der Waals surface area contributed by atoms with Crippen LogP contribution in [0.4, 0.5) is 0 Å². The van der Waals surface area contributed by atoms with Gasteiger partial charge in [0.05, 0.1) is 0 Å². The first-order valence-corrected chi connectivity index (χ1v) is 6.70. The van der Waals surface area contributed by atoms with E-state index in [1.165, 1.54) is 5.17 Å². The second kappa shape index (κ2) is 4.08. The molecule has 1 heteroatoms. The molecule has 0 aromatic heterocycles. The second-order valence-corrected chi connectivity index (χ2v) is 5.82. The lowest BCUT2D eigenvalue weighted by Crippen LogP contribution is -2.15. The Kier molecular flexibility index (Phi) is 3.06. The maximum absolute atomic E-state index is 5.41. The predicted octanol–water partition coefficient (Wildman–Crippen LogP) is 2.02. The van der Waals surface area contributed by atoms with Gasteiger partial charge in [0.25, 0.3) is 0 Å². The molecule has 1 aliphatic rings. The van der Waals surface area contributed by atoms with E-state index in [1.54, 1.807) is 0 Å². The summed E-state index contributed by atoms with van der Waals surface area (Å²) in [6, 6.07) is 0. The van der Waals surface area contributed by atoms with Crippen molar-refractivity contribution in [1.29, 1.82) is 0 Å². The summed E-state index contributed by atoms with van der Waals surface area (Å²) in [6.45, 7) is 4.48. The lowest BCUT2D eigenvalue weighted by molar-refractivity contribution is 1.38. The zero-order valence-electron chi connectivity index (χ0n) is 8.02. The summed E-state index contributed by atoms with van der Waals surface area (Å²) in [6.07, 6.45) is 15.6. The first kappa shape index (κ1) is 9.77. The Labute approximate surface area is 81.6 Å². The third-order valence-electron chi connectivity index (χ3n) is 2.09. The molecule has 0 amide bonds. The van der Waals surface area contributed by atoms with Gasteiger partial charge in [-0.15, -0.1) is 12.8 Å². The van der Waals surface area contributed by atoms with E-state index in [1.807, 2.05) is 12.2 Å². The molecule has 0 atom stereocenters. The molecule has 0 unspecified atom stereocenters. The van der Waals surface area contributed by atoms with Crippen molar-refractivity contribution < 1.29 is 0 Å². The molecule has 1 aliphatic carbocycles. The van der Waals surface area contributed by atoms with Crippen LogP contribution in [-0.2, 0) is 0 Å². The smallest absolute Gasteiger partial charge is 0.0231 e. The van der Waals surface area contributed by atoms with Crippen LogP contribution >= 0.6 is 0 Å². The van der Waals surface area contributed by atoms with Crippen molar-refractivity contribution >= 4 is 13.6 Å². The topological polar surface area (TPSA) is 0 Å². The fourth-order valence-corrected chi connectivity index (χ4v) is 2.55. The fraction of sp³-hybridized carbons (Fsp3) is 0.250. The summed E-state index contributed by atoms with van der Waals surface area (Å²) in [7, 11) is -0.468. The van der Waals surface area contributed by atoms with E-state index >= 15 is 0 Å². The summed E-state index contributed by atoms with van der Waals surface area (Å²) >= 11 is 0. The highest BCUT2D eigenvalue weighted by molar-refractivity contribution is 6.72. The highest BCUT2D eigenvalue weighted by Gasteiger charge is 2.10. The summed E-state index contributed by atoms with van der Waals surface area (Å²) in [5, 5.41) is 1.38. The van der Waals surface area contributed by atoms with Crippen LogP contribution in [0.5, 0.6) is 0 Å². The highest BCUT2D eigenvalue weighted by atomic mass is 28.2. The van der Waals surface area contributed by atoms with Crippen LogP contribution in [0.15, 0.2) is 23.3 Å². The number of allylic oxidation sites excluding steroid dienone is 4. The molecule has 0 fully saturated rings. The molecule has 0 saturated heterocycles. The van der Waals surface area contributed by atoms with Crippen LogP contribution < -0.4 is 0 Å². The van der Waals surface area contributed by atoms with Crippen LogP contribution in [0.3, 0.4) is 0 Å². The van der Waals surface area contributed by atoms with Crippen molar-refractivity contribution in [2.45, 2.75) is 19.5 Å². The molecule has 0 bridgehead atoms.